The van der Waals surface area contributed by atoms with Crippen LogP contribution in [0.25, 0.3) is 0 Å². The summed E-state index contributed by atoms with van der Waals surface area (Å²) in [6, 6.07) is 5.91. The van der Waals surface area contributed by atoms with Crippen molar-refractivity contribution in [3.05, 3.63) is 23.8 Å². The number of carbonyl (C=O) groups is 1. The van der Waals surface area contributed by atoms with Crippen molar-refractivity contribution in [2.75, 3.05) is 33.4 Å². The molecule has 1 heterocycles. The minimum absolute atomic E-state index is 0. The highest BCUT2D eigenvalue weighted by atomic mass is 35.5. The maximum Gasteiger partial charge on any atom is 0.221 e. The van der Waals surface area contributed by atoms with Gasteiger partial charge >= 0.3 is 0 Å². The molecule has 5 nitrogen and oxygen atoms in total. The van der Waals surface area contributed by atoms with Gasteiger partial charge in [-0.15, -0.1) is 12.4 Å². The second-order valence-corrected chi connectivity index (χ2v) is 4.43. The van der Waals surface area contributed by atoms with Gasteiger partial charge in [0.15, 0.2) is 11.5 Å². The minimum Gasteiger partial charge on any atom is -0.486 e. The van der Waals surface area contributed by atoms with E-state index in [-0.39, 0.29) is 18.3 Å². The standard InChI is InChI=1S/C14H20N2O3.ClH/c1-15-6-5-14(17)16-7-4-11-2-3-12-13(10-11)19-9-8-18-12;/h2-3,10,15H,4-9H2,1H3,(H,16,17);1H. The smallest absolute Gasteiger partial charge is 0.221 e. The molecule has 0 fully saturated rings. The van der Waals surface area contributed by atoms with Crippen molar-refractivity contribution in [2.24, 2.45) is 0 Å². The first-order chi connectivity index (χ1) is 9.29. The molecule has 1 aliphatic rings. The predicted octanol–water partition coefficient (Wildman–Crippen LogP) is 1.15. The normalized spacial score (nSPS) is 12.4. The number of amides is 1. The summed E-state index contributed by atoms with van der Waals surface area (Å²) in [5, 5.41) is 5.84. The molecule has 1 aromatic rings. The van der Waals surface area contributed by atoms with Gasteiger partial charge in [-0.2, -0.15) is 0 Å². The first-order valence-corrected chi connectivity index (χ1v) is 6.59. The number of benzene rings is 1. The number of nitrogens with one attached hydrogen (secondary N) is 2. The molecule has 0 unspecified atom stereocenters. The fourth-order valence-corrected chi connectivity index (χ4v) is 1.92. The molecule has 6 heteroatoms. The van der Waals surface area contributed by atoms with Gasteiger partial charge in [0.25, 0.3) is 0 Å². The molecule has 0 saturated carbocycles. The van der Waals surface area contributed by atoms with Gasteiger partial charge in [0, 0.05) is 19.5 Å². The maximum absolute atomic E-state index is 11.4. The average molecular weight is 301 g/mol. The lowest BCUT2D eigenvalue weighted by Crippen LogP contribution is -2.28. The highest BCUT2D eigenvalue weighted by Crippen LogP contribution is 2.30. The van der Waals surface area contributed by atoms with Gasteiger partial charge in [-0.05, 0) is 31.2 Å². The van der Waals surface area contributed by atoms with Crippen LogP contribution in [0.15, 0.2) is 18.2 Å². The molecule has 20 heavy (non-hydrogen) atoms. The minimum atomic E-state index is 0. The van der Waals surface area contributed by atoms with Crippen molar-refractivity contribution >= 4 is 18.3 Å². The van der Waals surface area contributed by atoms with Crippen LogP contribution in [-0.4, -0.2) is 39.3 Å². The maximum atomic E-state index is 11.4. The molecule has 0 atom stereocenters. The average Bonchev–Trinajstić information content (AvgIpc) is 2.45. The Balaban J connectivity index is 0.00000200. The predicted molar refractivity (Wildman–Crippen MR) is 79.9 cm³/mol. The van der Waals surface area contributed by atoms with Crippen LogP contribution in [0.1, 0.15) is 12.0 Å². The zero-order chi connectivity index (χ0) is 13.5. The highest BCUT2D eigenvalue weighted by Gasteiger charge is 2.11. The lowest BCUT2D eigenvalue weighted by molar-refractivity contribution is -0.120. The third-order valence-electron chi connectivity index (χ3n) is 2.94. The molecule has 1 amide bonds. The van der Waals surface area contributed by atoms with Crippen LogP contribution in [0.5, 0.6) is 11.5 Å². The van der Waals surface area contributed by atoms with E-state index in [1.165, 1.54) is 0 Å². The Morgan fingerprint density at radius 3 is 2.70 bits per heavy atom. The van der Waals surface area contributed by atoms with Gasteiger partial charge in [0.1, 0.15) is 13.2 Å². The number of carbonyl (C=O) groups excluding carboxylic acids is 1. The lowest BCUT2D eigenvalue weighted by atomic mass is 10.1. The fourth-order valence-electron chi connectivity index (χ4n) is 1.92. The lowest BCUT2D eigenvalue weighted by Gasteiger charge is -2.18. The topological polar surface area (TPSA) is 59.6 Å². The van der Waals surface area contributed by atoms with Gasteiger partial charge in [0.2, 0.25) is 5.91 Å². The second-order valence-electron chi connectivity index (χ2n) is 4.43. The van der Waals surface area contributed by atoms with Crippen LogP contribution in [0.3, 0.4) is 0 Å². The van der Waals surface area contributed by atoms with Crippen LogP contribution < -0.4 is 20.1 Å². The van der Waals surface area contributed by atoms with Gasteiger partial charge in [-0.3, -0.25) is 4.79 Å². The third-order valence-corrected chi connectivity index (χ3v) is 2.94. The van der Waals surface area contributed by atoms with E-state index in [1.54, 1.807) is 0 Å². The SMILES string of the molecule is CNCCC(=O)NCCc1ccc2c(c1)OCCO2.Cl. The number of hydrogen-bond donors (Lipinski definition) is 2. The summed E-state index contributed by atoms with van der Waals surface area (Å²) in [5.74, 6) is 1.67. The summed E-state index contributed by atoms with van der Waals surface area (Å²) in [4.78, 5) is 11.4. The molecule has 0 bridgehead atoms. The number of hydrogen-bond acceptors (Lipinski definition) is 4. The summed E-state index contributed by atoms with van der Waals surface area (Å²) in [7, 11) is 1.84. The zero-order valence-corrected chi connectivity index (χ0v) is 12.4. The van der Waals surface area contributed by atoms with E-state index in [0.29, 0.717) is 32.7 Å². The van der Waals surface area contributed by atoms with Crippen LogP contribution in [0, 0.1) is 0 Å². The van der Waals surface area contributed by atoms with Gasteiger partial charge in [-0.25, -0.2) is 0 Å². The third kappa shape index (κ3) is 4.90. The van der Waals surface area contributed by atoms with Crippen LogP contribution in [-0.2, 0) is 11.2 Å². The molecule has 112 valence electrons. The second kappa shape index (κ2) is 8.66. The molecule has 0 radical (unpaired) electrons. The first-order valence-electron chi connectivity index (χ1n) is 6.59. The Labute approximate surface area is 125 Å². The molecule has 2 rings (SSSR count). The highest BCUT2D eigenvalue weighted by molar-refractivity contribution is 5.85. The van der Waals surface area contributed by atoms with Crippen molar-refractivity contribution in [3.8, 4) is 11.5 Å². The van der Waals surface area contributed by atoms with Crippen molar-refractivity contribution in [1.29, 1.82) is 0 Å². The Morgan fingerprint density at radius 1 is 1.20 bits per heavy atom. The summed E-state index contributed by atoms with van der Waals surface area (Å²) in [6.07, 6.45) is 1.31. The van der Waals surface area contributed by atoms with Crippen molar-refractivity contribution < 1.29 is 14.3 Å². The van der Waals surface area contributed by atoms with E-state index in [9.17, 15) is 4.79 Å². The Hall–Kier alpha value is -1.46. The quantitative estimate of drug-likeness (QED) is 0.827. The van der Waals surface area contributed by atoms with E-state index in [2.05, 4.69) is 10.6 Å². The van der Waals surface area contributed by atoms with Gasteiger partial charge in [-0.1, -0.05) is 6.07 Å². The van der Waals surface area contributed by atoms with Gasteiger partial charge in [0.05, 0.1) is 0 Å². The summed E-state index contributed by atoms with van der Waals surface area (Å²) >= 11 is 0. The summed E-state index contributed by atoms with van der Waals surface area (Å²) in [5.41, 5.74) is 1.14. The molecule has 1 aliphatic heterocycles. The van der Waals surface area contributed by atoms with Gasteiger partial charge < -0.3 is 20.1 Å². The number of rotatable bonds is 6. The van der Waals surface area contributed by atoms with E-state index in [0.717, 1.165) is 23.5 Å². The van der Waals surface area contributed by atoms with E-state index >= 15 is 0 Å². The number of ether oxygens (including phenoxy) is 2. The Bertz CT molecular complexity index is 440. The summed E-state index contributed by atoms with van der Waals surface area (Å²) in [6.45, 7) is 2.54. The van der Waals surface area contributed by atoms with E-state index in [4.69, 9.17) is 9.47 Å². The molecule has 0 saturated heterocycles. The molecular formula is C14H21ClN2O3. The number of halogens is 1. The molecule has 1 aromatic carbocycles. The molecular weight excluding hydrogens is 280 g/mol. The van der Waals surface area contributed by atoms with E-state index in [1.807, 2.05) is 25.2 Å². The van der Waals surface area contributed by atoms with Crippen LogP contribution in [0.2, 0.25) is 0 Å². The summed E-state index contributed by atoms with van der Waals surface area (Å²) < 4.78 is 11.0. The Kier molecular flexibility index (Phi) is 7.18. The monoisotopic (exact) mass is 300 g/mol. The van der Waals surface area contributed by atoms with Crippen molar-refractivity contribution in [2.45, 2.75) is 12.8 Å². The fraction of sp³-hybridized carbons (Fsp3) is 0.500. The number of fused-ring (bicyclic) bond motifs is 1. The molecule has 0 spiro atoms. The van der Waals surface area contributed by atoms with E-state index < -0.39 is 0 Å². The molecule has 2 N–H and O–H groups in total. The zero-order valence-electron chi connectivity index (χ0n) is 11.6. The Morgan fingerprint density at radius 2 is 1.95 bits per heavy atom. The van der Waals surface area contributed by atoms with Crippen molar-refractivity contribution in [1.82, 2.24) is 10.6 Å². The van der Waals surface area contributed by atoms with Crippen LogP contribution >= 0.6 is 12.4 Å². The molecule has 0 aliphatic carbocycles. The van der Waals surface area contributed by atoms with Crippen LogP contribution in [0.4, 0.5) is 0 Å². The largest absolute Gasteiger partial charge is 0.486 e. The van der Waals surface area contributed by atoms with Crippen molar-refractivity contribution in [3.63, 3.8) is 0 Å². The first kappa shape index (κ1) is 16.6. The molecule has 0 aromatic heterocycles.